The van der Waals surface area contributed by atoms with Gasteiger partial charge in [-0.25, -0.2) is 0 Å². The Labute approximate surface area is 141 Å². The minimum absolute atomic E-state index is 0.0534. The van der Waals surface area contributed by atoms with Crippen molar-refractivity contribution in [1.82, 2.24) is 10.6 Å². The molecule has 23 heavy (non-hydrogen) atoms. The molecule has 1 unspecified atom stereocenters. The van der Waals surface area contributed by atoms with Crippen molar-refractivity contribution in [2.45, 2.75) is 44.4 Å². The lowest BCUT2D eigenvalue weighted by atomic mass is 10.1. The molecule has 2 fully saturated rings. The van der Waals surface area contributed by atoms with Crippen molar-refractivity contribution in [3.05, 3.63) is 23.8 Å². The maximum absolute atomic E-state index is 12.1. The maximum atomic E-state index is 12.1. The Hall–Kier alpha value is -1.40. The third-order valence-electron chi connectivity index (χ3n) is 4.36. The van der Waals surface area contributed by atoms with Crippen molar-refractivity contribution in [3.63, 3.8) is 0 Å². The SMILES string of the molecule is COc1ccc(CNC(=O)C2CSCN2)c(OC2CCCC2)c1. The summed E-state index contributed by atoms with van der Waals surface area (Å²) < 4.78 is 11.5. The van der Waals surface area contributed by atoms with Crippen LogP contribution in [0.3, 0.4) is 0 Å². The molecule has 1 aliphatic carbocycles. The third-order valence-corrected chi connectivity index (χ3v) is 5.30. The normalized spacial score (nSPS) is 21.3. The van der Waals surface area contributed by atoms with Gasteiger partial charge in [-0.2, -0.15) is 0 Å². The summed E-state index contributed by atoms with van der Waals surface area (Å²) in [4.78, 5) is 12.1. The Morgan fingerprint density at radius 1 is 1.39 bits per heavy atom. The average Bonchev–Trinajstić information content (AvgIpc) is 3.26. The van der Waals surface area contributed by atoms with Gasteiger partial charge in [0.1, 0.15) is 11.5 Å². The predicted molar refractivity (Wildman–Crippen MR) is 92.0 cm³/mol. The zero-order valence-corrected chi connectivity index (χ0v) is 14.3. The second-order valence-corrected chi connectivity index (χ2v) is 7.02. The Kier molecular flexibility index (Phi) is 5.67. The van der Waals surface area contributed by atoms with Crippen molar-refractivity contribution >= 4 is 17.7 Å². The van der Waals surface area contributed by atoms with Crippen LogP contribution in [0, 0.1) is 0 Å². The first-order valence-electron chi connectivity index (χ1n) is 8.18. The molecule has 2 aliphatic rings. The predicted octanol–water partition coefficient (Wildman–Crippen LogP) is 2.30. The highest BCUT2D eigenvalue weighted by atomic mass is 32.2. The standard InChI is InChI=1S/C17H24N2O3S/c1-21-14-7-6-12(9-18-17(20)15-10-23-11-19-15)16(8-14)22-13-4-2-3-5-13/h6-8,13,15,19H,2-5,9-11H2,1H3,(H,18,20). The molecule has 1 atom stereocenters. The Morgan fingerprint density at radius 2 is 2.22 bits per heavy atom. The molecule has 6 heteroatoms. The topological polar surface area (TPSA) is 59.6 Å². The molecule has 0 spiro atoms. The second kappa shape index (κ2) is 7.93. The molecular formula is C17H24N2O3S. The van der Waals surface area contributed by atoms with Crippen LogP contribution >= 0.6 is 11.8 Å². The van der Waals surface area contributed by atoms with Crippen molar-refractivity contribution in [3.8, 4) is 11.5 Å². The molecular weight excluding hydrogens is 312 g/mol. The smallest absolute Gasteiger partial charge is 0.238 e. The molecule has 1 saturated heterocycles. The van der Waals surface area contributed by atoms with Gasteiger partial charge in [-0.15, -0.1) is 11.8 Å². The van der Waals surface area contributed by atoms with Gasteiger partial charge in [0.2, 0.25) is 5.91 Å². The lowest BCUT2D eigenvalue weighted by Gasteiger charge is -2.18. The van der Waals surface area contributed by atoms with E-state index in [0.717, 1.165) is 41.5 Å². The number of thioether (sulfide) groups is 1. The van der Waals surface area contributed by atoms with E-state index in [1.807, 2.05) is 18.2 Å². The van der Waals surface area contributed by atoms with Gasteiger partial charge >= 0.3 is 0 Å². The van der Waals surface area contributed by atoms with E-state index in [1.165, 1.54) is 12.8 Å². The van der Waals surface area contributed by atoms with Gasteiger partial charge in [0.05, 0.1) is 19.3 Å². The van der Waals surface area contributed by atoms with E-state index >= 15 is 0 Å². The number of benzene rings is 1. The lowest BCUT2D eigenvalue weighted by molar-refractivity contribution is -0.122. The molecule has 1 aromatic carbocycles. The number of rotatable bonds is 6. The molecule has 1 aromatic rings. The first-order valence-corrected chi connectivity index (χ1v) is 9.34. The van der Waals surface area contributed by atoms with Gasteiger partial charge in [-0.3, -0.25) is 10.1 Å². The van der Waals surface area contributed by atoms with Crippen LogP contribution in [0.15, 0.2) is 18.2 Å². The Balaban J connectivity index is 1.65. The number of ether oxygens (including phenoxy) is 2. The fourth-order valence-corrected chi connectivity index (χ4v) is 3.91. The lowest BCUT2D eigenvalue weighted by Crippen LogP contribution is -2.41. The van der Waals surface area contributed by atoms with Crippen molar-refractivity contribution in [2.75, 3.05) is 18.7 Å². The monoisotopic (exact) mass is 336 g/mol. The summed E-state index contributed by atoms with van der Waals surface area (Å²) in [5.74, 6) is 3.33. The molecule has 1 saturated carbocycles. The molecule has 0 bridgehead atoms. The number of nitrogens with one attached hydrogen (secondary N) is 2. The zero-order chi connectivity index (χ0) is 16.1. The molecule has 5 nitrogen and oxygen atoms in total. The van der Waals surface area contributed by atoms with Crippen LogP contribution in [0.25, 0.3) is 0 Å². The molecule has 1 amide bonds. The number of hydrogen-bond donors (Lipinski definition) is 2. The zero-order valence-electron chi connectivity index (χ0n) is 13.5. The third kappa shape index (κ3) is 4.32. The number of hydrogen-bond acceptors (Lipinski definition) is 5. The highest BCUT2D eigenvalue weighted by molar-refractivity contribution is 7.99. The number of carbonyl (C=O) groups is 1. The summed E-state index contributed by atoms with van der Waals surface area (Å²) in [6.45, 7) is 0.480. The van der Waals surface area contributed by atoms with Crippen LogP contribution in [-0.4, -0.2) is 36.8 Å². The summed E-state index contributed by atoms with van der Waals surface area (Å²) in [7, 11) is 1.65. The fraction of sp³-hybridized carbons (Fsp3) is 0.588. The molecule has 1 heterocycles. The fourth-order valence-electron chi connectivity index (χ4n) is 2.97. The van der Waals surface area contributed by atoms with E-state index < -0.39 is 0 Å². The Bertz CT molecular complexity index is 541. The first kappa shape index (κ1) is 16.5. The van der Waals surface area contributed by atoms with Crippen molar-refractivity contribution in [1.29, 1.82) is 0 Å². The molecule has 0 radical (unpaired) electrons. The summed E-state index contributed by atoms with van der Waals surface area (Å²) >= 11 is 1.75. The highest BCUT2D eigenvalue weighted by Crippen LogP contribution is 2.30. The largest absolute Gasteiger partial charge is 0.497 e. The van der Waals surface area contributed by atoms with E-state index in [9.17, 15) is 4.79 Å². The van der Waals surface area contributed by atoms with Gasteiger partial charge in [0, 0.05) is 29.8 Å². The van der Waals surface area contributed by atoms with Gasteiger partial charge < -0.3 is 14.8 Å². The summed E-state index contributed by atoms with van der Waals surface area (Å²) in [5.41, 5.74) is 0.997. The molecule has 0 aromatic heterocycles. The van der Waals surface area contributed by atoms with E-state index in [2.05, 4.69) is 10.6 Å². The van der Waals surface area contributed by atoms with Crippen LogP contribution in [0.1, 0.15) is 31.2 Å². The first-order chi connectivity index (χ1) is 11.3. The highest BCUT2D eigenvalue weighted by Gasteiger charge is 2.23. The molecule has 3 rings (SSSR count). The molecule has 1 aliphatic heterocycles. The minimum Gasteiger partial charge on any atom is -0.497 e. The Morgan fingerprint density at radius 3 is 2.91 bits per heavy atom. The van der Waals surface area contributed by atoms with Gasteiger partial charge in [0.15, 0.2) is 0 Å². The van der Waals surface area contributed by atoms with E-state index in [1.54, 1.807) is 18.9 Å². The van der Waals surface area contributed by atoms with Crippen molar-refractivity contribution < 1.29 is 14.3 Å². The molecule has 2 N–H and O–H groups in total. The van der Waals surface area contributed by atoms with E-state index in [0.29, 0.717) is 6.54 Å². The summed E-state index contributed by atoms with van der Waals surface area (Å²) in [5, 5.41) is 6.19. The van der Waals surface area contributed by atoms with Crippen LogP contribution in [0.2, 0.25) is 0 Å². The van der Waals surface area contributed by atoms with E-state index in [-0.39, 0.29) is 18.1 Å². The van der Waals surface area contributed by atoms with Crippen LogP contribution < -0.4 is 20.1 Å². The van der Waals surface area contributed by atoms with E-state index in [4.69, 9.17) is 9.47 Å². The second-order valence-electron chi connectivity index (χ2n) is 5.99. The van der Waals surface area contributed by atoms with Crippen LogP contribution in [0.4, 0.5) is 0 Å². The van der Waals surface area contributed by atoms with Gasteiger partial charge in [-0.1, -0.05) is 0 Å². The van der Waals surface area contributed by atoms with Crippen LogP contribution in [-0.2, 0) is 11.3 Å². The van der Waals surface area contributed by atoms with Gasteiger partial charge in [-0.05, 0) is 37.8 Å². The average molecular weight is 336 g/mol. The maximum Gasteiger partial charge on any atom is 0.238 e. The summed E-state index contributed by atoms with van der Waals surface area (Å²) in [6, 6.07) is 5.72. The quantitative estimate of drug-likeness (QED) is 0.835. The number of carbonyl (C=O) groups excluding carboxylic acids is 1. The van der Waals surface area contributed by atoms with Gasteiger partial charge in [0.25, 0.3) is 0 Å². The number of methoxy groups -OCH3 is 1. The minimum atomic E-state index is -0.0857. The van der Waals surface area contributed by atoms with Crippen LogP contribution in [0.5, 0.6) is 11.5 Å². The molecule has 126 valence electrons. The van der Waals surface area contributed by atoms with Crippen molar-refractivity contribution in [2.24, 2.45) is 0 Å². The number of amides is 1. The summed E-state index contributed by atoms with van der Waals surface area (Å²) in [6.07, 6.45) is 4.94.